The van der Waals surface area contributed by atoms with E-state index in [9.17, 15) is 9.65 Å². The second kappa shape index (κ2) is 5.33. The third-order valence-electron chi connectivity index (χ3n) is 4.72. The van der Waals surface area contributed by atoms with Crippen molar-refractivity contribution in [3.8, 4) is 6.07 Å². The summed E-state index contributed by atoms with van der Waals surface area (Å²) in [4.78, 5) is 4.84. The molecule has 0 spiro atoms. The summed E-state index contributed by atoms with van der Waals surface area (Å²) in [6.45, 7) is 1.50. The number of ether oxygens (including phenoxy) is 1. The number of aromatic nitrogens is 1. The van der Waals surface area contributed by atoms with E-state index in [0.29, 0.717) is 22.8 Å². The van der Waals surface area contributed by atoms with E-state index < -0.39 is 0 Å². The summed E-state index contributed by atoms with van der Waals surface area (Å²) in [5.41, 5.74) is 3.49. The quantitative estimate of drug-likeness (QED) is 0.841. The Morgan fingerprint density at radius 3 is 2.59 bits per heavy atom. The summed E-state index contributed by atoms with van der Waals surface area (Å²) in [5.74, 6) is 0.463. The van der Waals surface area contributed by atoms with E-state index in [1.54, 1.807) is 6.07 Å². The van der Waals surface area contributed by atoms with E-state index in [1.807, 2.05) is 0 Å². The molecular weight excluding hydrogens is 279 g/mol. The van der Waals surface area contributed by atoms with E-state index in [1.165, 1.54) is 12.1 Å². The Kier molecular flexibility index (Phi) is 3.31. The Balaban J connectivity index is 1.96. The van der Waals surface area contributed by atoms with E-state index in [4.69, 9.17) is 9.72 Å². The monoisotopic (exact) mass is 296 g/mol. The fourth-order valence-electron chi connectivity index (χ4n) is 3.46. The number of fused-ring (bicyclic) bond motifs is 1. The van der Waals surface area contributed by atoms with Crippen molar-refractivity contribution in [1.82, 2.24) is 4.98 Å². The number of nitrogens with zero attached hydrogens (tertiary/aromatic N) is 2. The largest absolute Gasteiger partial charge is 0.381 e. The number of pyridine rings is 1. The van der Waals surface area contributed by atoms with Crippen molar-refractivity contribution in [2.75, 3.05) is 13.2 Å². The number of hydrogen-bond donors (Lipinski definition) is 0. The van der Waals surface area contributed by atoms with Crippen LogP contribution in [-0.4, -0.2) is 18.2 Å². The first-order chi connectivity index (χ1) is 10.8. The molecule has 4 rings (SSSR count). The normalized spacial score (nSPS) is 19.3. The lowest BCUT2D eigenvalue weighted by molar-refractivity contribution is 0.0844. The highest BCUT2D eigenvalue weighted by Crippen LogP contribution is 2.47. The molecule has 1 aliphatic heterocycles. The van der Waals surface area contributed by atoms with Crippen LogP contribution in [0, 0.1) is 17.1 Å². The van der Waals surface area contributed by atoms with Crippen molar-refractivity contribution in [3.63, 3.8) is 0 Å². The number of rotatable bonds is 2. The van der Waals surface area contributed by atoms with Crippen LogP contribution in [0.15, 0.2) is 18.2 Å². The predicted molar refractivity (Wildman–Crippen MR) is 81.2 cm³/mol. The van der Waals surface area contributed by atoms with Gasteiger partial charge < -0.3 is 4.74 Å². The lowest BCUT2D eigenvalue weighted by Gasteiger charge is -2.25. The highest BCUT2D eigenvalue weighted by atomic mass is 19.1. The first-order valence-electron chi connectivity index (χ1n) is 7.89. The van der Waals surface area contributed by atoms with Crippen LogP contribution < -0.4 is 0 Å². The molecule has 1 saturated heterocycles. The maximum Gasteiger partial charge on any atom is 0.124 e. The molecule has 0 amide bonds. The Hall–Kier alpha value is -1.99. The van der Waals surface area contributed by atoms with Crippen molar-refractivity contribution in [3.05, 3.63) is 40.8 Å². The molecule has 0 bridgehead atoms. The number of halogens is 1. The SMILES string of the molecule is N#Cc1c(C2CC2)c(C2CCOCC2)nc2ccc(F)cc12. The molecule has 1 aromatic heterocycles. The molecule has 0 radical (unpaired) electrons. The molecule has 1 saturated carbocycles. The van der Waals surface area contributed by atoms with E-state index in [0.717, 1.165) is 55.7 Å². The molecular formula is C18H17FN2O. The highest BCUT2D eigenvalue weighted by Gasteiger charge is 2.33. The van der Waals surface area contributed by atoms with Crippen molar-refractivity contribution >= 4 is 10.9 Å². The average molecular weight is 296 g/mol. The highest BCUT2D eigenvalue weighted by molar-refractivity contribution is 5.87. The van der Waals surface area contributed by atoms with Gasteiger partial charge in [-0.25, -0.2) is 4.39 Å². The number of hydrogen-bond acceptors (Lipinski definition) is 3. The van der Waals surface area contributed by atoms with Crippen molar-refractivity contribution in [2.45, 2.75) is 37.5 Å². The van der Waals surface area contributed by atoms with Crippen molar-refractivity contribution in [1.29, 1.82) is 5.26 Å². The molecule has 1 aliphatic carbocycles. The lowest BCUT2D eigenvalue weighted by atomic mass is 9.87. The van der Waals surface area contributed by atoms with Gasteiger partial charge in [-0.2, -0.15) is 5.26 Å². The average Bonchev–Trinajstić information content (AvgIpc) is 3.38. The van der Waals surface area contributed by atoms with Gasteiger partial charge >= 0.3 is 0 Å². The third-order valence-corrected chi connectivity index (χ3v) is 4.72. The molecule has 2 fully saturated rings. The summed E-state index contributed by atoms with van der Waals surface area (Å²) in [7, 11) is 0. The van der Waals surface area contributed by atoms with Crippen molar-refractivity contribution < 1.29 is 9.13 Å². The molecule has 0 unspecified atom stereocenters. The first kappa shape index (κ1) is 13.7. The minimum atomic E-state index is -0.314. The summed E-state index contributed by atoms with van der Waals surface area (Å²) in [6, 6.07) is 6.88. The van der Waals surface area contributed by atoms with Crippen LogP contribution in [0.4, 0.5) is 4.39 Å². The zero-order valence-electron chi connectivity index (χ0n) is 12.3. The Bertz CT molecular complexity index is 771. The minimum Gasteiger partial charge on any atom is -0.381 e. The van der Waals surface area contributed by atoms with Crippen LogP contribution in [0.5, 0.6) is 0 Å². The fraction of sp³-hybridized carbons (Fsp3) is 0.444. The molecule has 1 aromatic carbocycles. The van der Waals surface area contributed by atoms with Gasteiger partial charge in [-0.05, 0) is 55.4 Å². The van der Waals surface area contributed by atoms with Crippen LogP contribution in [-0.2, 0) is 4.74 Å². The van der Waals surface area contributed by atoms with E-state index in [-0.39, 0.29) is 5.82 Å². The summed E-state index contributed by atoms with van der Waals surface area (Å²) in [6.07, 6.45) is 4.11. The second-order valence-electron chi connectivity index (χ2n) is 6.22. The van der Waals surface area contributed by atoms with Crippen LogP contribution in [0.2, 0.25) is 0 Å². The van der Waals surface area contributed by atoms with Crippen molar-refractivity contribution in [2.24, 2.45) is 0 Å². The molecule has 2 heterocycles. The predicted octanol–water partition coefficient (Wildman–Crippen LogP) is 4.02. The summed E-state index contributed by atoms with van der Waals surface area (Å²) in [5, 5.41) is 10.3. The van der Waals surface area contributed by atoms with Gasteiger partial charge in [0.2, 0.25) is 0 Å². The maximum atomic E-state index is 13.6. The maximum absolute atomic E-state index is 13.6. The Labute approximate surface area is 128 Å². The second-order valence-corrected chi connectivity index (χ2v) is 6.22. The number of nitriles is 1. The third kappa shape index (κ3) is 2.26. The van der Waals surface area contributed by atoms with Gasteiger partial charge in [-0.1, -0.05) is 0 Å². The standard InChI is InChI=1S/C18H17FN2O/c19-13-3-4-16-14(9-13)15(10-20)17(11-1-2-11)18(21-16)12-5-7-22-8-6-12/h3-4,9,11-12H,1-2,5-8H2. The van der Waals surface area contributed by atoms with Gasteiger partial charge in [0.1, 0.15) is 11.9 Å². The Morgan fingerprint density at radius 2 is 1.91 bits per heavy atom. The van der Waals surface area contributed by atoms with Crippen LogP contribution in [0.3, 0.4) is 0 Å². The molecule has 112 valence electrons. The van der Waals surface area contributed by atoms with E-state index in [2.05, 4.69) is 6.07 Å². The number of benzene rings is 1. The van der Waals surface area contributed by atoms with Gasteiger partial charge in [0.15, 0.2) is 0 Å². The van der Waals surface area contributed by atoms with Crippen LogP contribution in [0.1, 0.15) is 54.3 Å². The van der Waals surface area contributed by atoms with Crippen LogP contribution >= 0.6 is 0 Å². The molecule has 4 heteroatoms. The topological polar surface area (TPSA) is 45.9 Å². The first-order valence-corrected chi connectivity index (χ1v) is 7.89. The molecule has 0 atom stereocenters. The molecule has 2 aromatic rings. The van der Waals surface area contributed by atoms with Gasteiger partial charge in [-0.15, -0.1) is 0 Å². The lowest BCUT2D eigenvalue weighted by Crippen LogP contribution is -2.17. The minimum absolute atomic E-state index is 0.314. The molecule has 3 nitrogen and oxygen atoms in total. The van der Waals surface area contributed by atoms with Gasteiger partial charge in [0.25, 0.3) is 0 Å². The zero-order chi connectivity index (χ0) is 15.1. The van der Waals surface area contributed by atoms with Gasteiger partial charge in [0, 0.05) is 30.2 Å². The molecule has 0 N–H and O–H groups in total. The van der Waals surface area contributed by atoms with E-state index >= 15 is 0 Å². The smallest absolute Gasteiger partial charge is 0.124 e. The summed E-state index contributed by atoms with van der Waals surface area (Å²) >= 11 is 0. The van der Waals surface area contributed by atoms with Gasteiger partial charge in [0.05, 0.1) is 11.1 Å². The summed E-state index contributed by atoms with van der Waals surface area (Å²) < 4.78 is 19.1. The van der Waals surface area contributed by atoms with Gasteiger partial charge in [-0.3, -0.25) is 4.98 Å². The Morgan fingerprint density at radius 1 is 1.14 bits per heavy atom. The molecule has 22 heavy (non-hydrogen) atoms. The molecule has 2 aliphatic rings. The van der Waals surface area contributed by atoms with Crippen LogP contribution in [0.25, 0.3) is 10.9 Å². The fourth-order valence-corrected chi connectivity index (χ4v) is 3.46. The zero-order valence-corrected chi connectivity index (χ0v) is 12.3.